The number of rotatable bonds is 18. The van der Waals surface area contributed by atoms with Gasteiger partial charge in [0.25, 0.3) is 0 Å². The van der Waals surface area contributed by atoms with Crippen LogP contribution in [-0.2, 0) is 4.79 Å². The highest BCUT2D eigenvalue weighted by atomic mass is 16.4. The first-order valence-corrected chi connectivity index (χ1v) is 10.7. The molecule has 4 heteroatoms. The fraction of sp³-hybridized carbons (Fsp3) is 0.952. The number of carboxylic acids is 1. The van der Waals surface area contributed by atoms with E-state index in [0.29, 0.717) is 6.42 Å². The highest BCUT2D eigenvalue weighted by Gasteiger charge is 2.28. The van der Waals surface area contributed by atoms with Gasteiger partial charge in [0, 0.05) is 5.97 Å². The molecule has 0 amide bonds. The van der Waals surface area contributed by atoms with Crippen LogP contribution in [0.5, 0.6) is 0 Å². The van der Waals surface area contributed by atoms with Crippen molar-refractivity contribution in [2.45, 2.75) is 104 Å². The van der Waals surface area contributed by atoms with Crippen LogP contribution in [0.2, 0.25) is 0 Å². The molecular formula is C21H43NO3. The molecule has 150 valence electrons. The summed E-state index contributed by atoms with van der Waals surface area (Å²) in [7, 11) is 0. The Morgan fingerprint density at radius 2 is 1.40 bits per heavy atom. The molecule has 0 fully saturated rings. The van der Waals surface area contributed by atoms with E-state index in [2.05, 4.69) is 20.8 Å². The lowest BCUT2D eigenvalue weighted by Crippen LogP contribution is -2.54. The molecule has 1 N–H and O–H groups in total. The van der Waals surface area contributed by atoms with Crippen molar-refractivity contribution in [3.05, 3.63) is 0 Å². The van der Waals surface area contributed by atoms with E-state index in [1.54, 1.807) is 0 Å². The third-order valence-electron chi connectivity index (χ3n) is 5.22. The lowest BCUT2D eigenvalue weighted by atomic mass is 10.1. The Balaban J connectivity index is 4.69. The molecule has 0 bridgehead atoms. The van der Waals surface area contributed by atoms with Crippen LogP contribution in [0.3, 0.4) is 0 Å². The zero-order chi connectivity index (χ0) is 19.0. The zero-order valence-electron chi connectivity index (χ0n) is 17.1. The molecule has 0 radical (unpaired) electrons. The molecule has 0 aromatic carbocycles. The predicted molar refractivity (Wildman–Crippen MR) is 103 cm³/mol. The fourth-order valence-electron chi connectivity index (χ4n) is 3.66. The van der Waals surface area contributed by atoms with E-state index < -0.39 is 5.97 Å². The maximum Gasteiger partial charge on any atom is 0.105 e. The number of aliphatic carboxylic acids is 1. The zero-order valence-corrected chi connectivity index (χ0v) is 17.1. The van der Waals surface area contributed by atoms with E-state index in [0.717, 1.165) is 62.8 Å². The quantitative estimate of drug-likeness (QED) is 0.301. The van der Waals surface area contributed by atoms with Gasteiger partial charge in [0.05, 0.1) is 19.6 Å². The molecule has 0 heterocycles. The van der Waals surface area contributed by atoms with E-state index in [9.17, 15) is 15.0 Å². The molecule has 0 spiro atoms. The molecule has 0 aromatic rings. The molecule has 0 aliphatic carbocycles. The minimum absolute atomic E-state index is 0.154. The predicted octanol–water partition coefficient (Wildman–Crippen LogP) is 3.65. The van der Waals surface area contributed by atoms with Crippen LogP contribution >= 0.6 is 0 Å². The summed E-state index contributed by atoms with van der Waals surface area (Å²) in [6.45, 7) is 10.7. The first-order chi connectivity index (χ1) is 12.0. The van der Waals surface area contributed by atoms with Gasteiger partial charge in [0.15, 0.2) is 0 Å². The van der Waals surface area contributed by atoms with Crippen molar-refractivity contribution in [3.63, 3.8) is 0 Å². The van der Waals surface area contributed by atoms with E-state index in [4.69, 9.17) is 0 Å². The van der Waals surface area contributed by atoms with Crippen molar-refractivity contribution < 1.29 is 19.5 Å². The van der Waals surface area contributed by atoms with E-state index in [1.807, 2.05) is 0 Å². The second kappa shape index (κ2) is 15.6. The molecule has 1 atom stereocenters. The Morgan fingerprint density at radius 1 is 0.840 bits per heavy atom. The summed E-state index contributed by atoms with van der Waals surface area (Å²) in [5.74, 6) is -0.948. The number of quaternary nitrogens is 1. The first-order valence-electron chi connectivity index (χ1n) is 10.7. The van der Waals surface area contributed by atoms with Crippen LogP contribution in [0.25, 0.3) is 0 Å². The Morgan fingerprint density at radius 3 is 1.92 bits per heavy atom. The Bertz CT molecular complexity index is 312. The number of hydrogen-bond donors (Lipinski definition) is 1. The second-order valence-electron chi connectivity index (χ2n) is 7.73. The van der Waals surface area contributed by atoms with Gasteiger partial charge in [-0.1, -0.05) is 59.3 Å². The van der Waals surface area contributed by atoms with Crippen LogP contribution in [0, 0.1) is 0 Å². The van der Waals surface area contributed by atoms with Crippen molar-refractivity contribution in [1.82, 2.24) is 0 Å². The highest BCUT2D eigenvalue weighted by Crippen LogP contribution is 2.18. The summed E-state index contributed by atoms with van der Waals surface area (Å²) in [5.41, 5.74) is 0. The molecule has 25 heavy (non-hydrogen) atoms. The van der Waals surface area contributed by atoms with Gasteiger partial charge >= 0.3 is 0 Å². The van der Waals surface area contributed by atoms with Gasteiger partial charge in [-0.05, 0) is 38.5 Å². The van der Waals surface area contributed by atoms with Crippen molar-refractivity contribution in [2.75, 3.05) is 26.2 Å². The fourth-order valence-corrected chi connectivity index (χ4v) is 3.66. The average molecular weight is 358 g/mol. The summed E-state index contributed by atoms with van der Waals surface area (Å²) in [6, 6.07) is 0. The van der Waals surface area contributed by atoms with Crippen LogP contribution in [-0.4, -0.2) is 47.8 Å². The summed E-state index contributed by atoms with van der Waals surface area (Å²) < 4.78 is 0.962. The smallest absolute Gasteiger partial charge is 0.105 e. The number of aliphatic hydroxyl groups excluding tert-OH is 1. The highest BCUT2D eigenvalue weighted by molar-refractivity contribution is 5.64. The van der Waals surface area contributed by atoms with Gasteiger partial charge in [0.1, 0.15) is 12.6 Å². The van der Waals surface area contributed by atoms with Crippen LogP contribution in [0.1, 0.15) is 97.8 Å². The number of carboxylic acid groups (broad SMARTS) is 1. The van der Waals surface area contributed by atoms with Crippen LogP contribution in [0.4, 0.5) is 0 Å². The molecule has 0 saturated heterocycles. The van der Waals surface area contributed by atoms with E-state index >= 15 is 0 Å². The van der Waals surface area contributed by atoms with Crippen molar-refractivity contribution in [3.8, 4) is 0 Å². The van der Waals surface area contributed by atoms with Crippen molar-refractivity contribution in [1.29, 1.82) is 0 Å². The maximum absolute atomic E-state index is 10.7. The maximum atomic E-state index is 10.7. The lowest BCUT2D eigenvalue weighted by Gasteiger charge is -2.40. The number of nitrogens with zero attached hydrogens (tertiary/aromatic N) is 1. The van der Waals surface area contributed by atoms with Gasteiger partial charge in [-0.15, -0.1) is 0 Å². The van der Waals surface area contributed by atoms with Gasteiger partial charge < -0.3 is 19.5 Å². The van der Waals surface area contributed by atoms with Gasteiger partial charge in [0.2, 0.25) is 0 Å². The number of carbonyl (C=O) groups excluding carboxylic acids is 1. The first kappa shape index (κ1) is 24.4. The summed E-state index contributed by atoms with van der Waals surface area (Å²) in [6.07, 6.45) is 11.9. The standard InChI is InChI=1S/C21H43NO3/c1-4-7-10-11-14-20(23)19-22(16-8-5-2,17-9-6-3)18-13-12-15-21(24)25/h20,23H,4-19H2,1-3H3. The summed E-state index contributed by atoms with van der Waals surface area (Å²) >= 11 is 0. The average Bonchev–Trinajstić information content (AvgIpc) is 2.58. The molecule has 0 aliphatic heterocycles. The summed E-state index contributed by atoms with van der Waals surface area (Å²) in [5, 5.41) is 21.3. The third-order valence-corrected chi connectivity index (χ3v) is 5.22. The second-order valence-corrected chi connectivity index (χ2v) is 7.73. The lowest BCUT2D eigenvalue weighted by molar-refractivity contribution is -0.931. The van der Waals surface area contributed by atoms with Crippen LogP contribution < -0.4 is 5.11 Å². The third kappa shape index (κ3) is 13.3. The normalized spacial score (nSPS) is 13.1. The van der Waals surface area contributed by atoms with Crippen molar-refractivity contribution in [2.24, 2.45) is 0 Å². The van der Waals surface area contributed by atoms with Crippen LogP contribution in [0.15, 0.2) is 0 Å². The molecule has 0 rings (SSSR count). The molecule has 0 aromatic heterocycles. The number of hydrogen-bond acceptors (Lipinski definition) is 3. The number of carbonyl (C=O) groups is 1. The molecule has 0 saturated carbocycles. The van der Waals surface area contributed by atoms with Gasteiger partial charge in [-0.2, -0.15) is 0 Å². The van der Waals surface area contributed by atoms with E-state index in [-0.39, 0.29) is 12.5 Å². The minimum Gasteiger partial charge on any atom is -0.550 e. The van der Waals surface area contributed by atoms with E-state index in [1.165, 1.54) is 32.1 Å². The molecule has 4 nitrogen and oxygen atoms in total. The summed E-state index contributed by atoms with van der Waals surface area (Å²) in [4.78, 5) is 10.7. The Labute approximate surface area is 156 Å². The van der Waals surface area contributed by atoms with Crippen molar-refractivity contribution >= 4 is 5.97 Å². The monoisotopic (exact) mass is 357 g/mol. The Kier molecular flexibility index (Phi) is 15.2. The topological polar surface area (TPSA) is 60.4 Å². The SMILES string of the molecule is CCCCCCC(O)C[N+](CCCC)(CCCC)CCCCC(=O)[O-]. The molecule has 0 aliphatic rings. The minimum atomic E-state index is -0.948. The number of aliphatic hydroxyl groups is 1. The largest absolute Gasteiger partial charge is 0.550 e. The number of unbranched alkanes of at least 4 members (excludes halogenated alkanes) is 6. The molecular weight excluding hydrogens is 314 g/mol. The molecule has 1 unspecified atom stereocenters. The van der Waals surface area contributed by atoms with Gasteiger partial charge in [-0.25, -0.2) is 0 Å². The Hall–Kier alpha value is -0.610. The van der Waals surface area contributed by atoms with Gasteiger partial charge in [-0.3, -0.25) is 0 Å².